The van der Waals surface area contributed by atoms with Gasteiger partial charge in [-0.2, -0.15) is 0 Å². The molecule has 0 amide bonds. The van der Waals surface area contributed by atoms with Crippen LogP contribution in [0.3, 0.4) is 0 Å². The highest BCUT2D eigenvalue weighted by Crippen LogP contribution is 2.36. The number of nitro groups is 1. The molecule has 1 saturated carbocycles. The van der Waals surface area contributed by atoms with Crippen molar-refractivity contribution in [1.29, 1.82) is 0 Å². The summed E-state index contributed by atoms with van der Waals surface area (Å²) in [5.41, 5.74) is 0.113. The van der Waals surface area contributed by atoms with E-state index in [1.54, 1.807) is 17.8 Å². The molecule has 5 nitrogen and oxygen atoms in total. The van der Waals surface area contributed by atoms with Crippen LogP contribution in [0.2, 0.25) is 0 Å². The second-order valence-corrected chi connectivity index (χ2v) is 6.67. The Balaban J connectivity index is 2.14. The van der Waals surface area contributed by atoms with E-state index >= 15 is 0 Å². The molecule has 1 heterocycles. The molecule has 1 fully saturated rings. The molecule has 0 aliphatic heterocycles. The number of aromatic nitrogens is 1. The predicted molar refractivity (Wildman–Crippen MR) is 82.3 cm³/mol. The van der Waals surface area contributed by atoms with Gasteiger partial charge in [0.05, 0.1) is 11.0 Å². The first-order valence-corrected chi connectivity index (χ1v) is 8.03. The second kappa shape index (κ2) is 6.92. The van der Waals surface area contributed by atoms with E-state index in [1.807, 2.05) is 6.92 Å². The monoisotopic (exact) mass is 295 g/mol. The van der Waals surface area contributed by atoms with E-state index in [1.165, 1.54) is 31.7 Å². The Morgan fingerprint density at radius 3 is 2.95 bits per heavy atom. The van der Waals surface area contributed by atoms with Gasteiger partial charge in [-0.05, 0) is 25.7 Å². The van der Waals surface area contributed by atoms with Crippen LogP contribution in [-0.4, -0.2) is 21.7 Å². The minimum absolute atomic E-state index is 0.113. The SMILES string of the molecule is CCNc1cc([N+](=O)[O-])cc(SC2CCCC(C)C2)n1. The first-order valence-electron chi connectivity index (χ1n) is 7.15. The zero-order chi connectivity index (χ0) is 14.5. The van der Waals surface area contributed by atoms with Crippen molar-refractivity contribution in [3.05, 3.63) is 22.2 Å². The molecule has 0 radical (unpaired) electrons. The van der Waals surface area contributed by atoms with Crippen LogP contribution >= 0.6 is 11.8 Å². The van der Waals surface area contributed by atoms with Gasteiger partial charge in [-0.25, -0.2) is 4.98 Å². The maximum atomic E-state index is 11.0. The topological polar surface area (TPSA) is 68.1 Å². The van der Waals surface area contributed by atoms with Crippen molar-refractivity contribution < 1.29 is 4.92 Å². The van der Waals surface area contributed by atoms with Crippen LogP contribution in [0, 0.1) is 16.0 Å². The van der Waals surface area contributed by atoms with Crippen LogP contribution in [0.4, 0.5) is 11.5 Å². The molecule has 1 aliphatic rings. The van der Waals surface area contributed by atoms with E-state index in [0.717, 1.165) is 10.9 Å². The molecule has 0 spiro atoms. The summed E-state index contributed by atoms with van der Waals surface area (Å²) in [6.45, 7) is 4.94. The minimum atomic E-state index is -0.351. The van der Waals surface area contributed by atoms with Crippen LogP contribution in [0.25, 0.3) is 0 Å². The highest BCUT2D eigenvalue weighted by molar-refractivity contribution is 7.99. The van der Waals surface area contributed by atoms with Crippen molar-refractivity contribution in [3.8, 4) is 0 Å². The van der Waals surface area contributed by atoms with Crippen molar-refractivity contribution in [3.63, 3.8) is 0 Å². The second-order valence-electron chi connectivity index (χ2n) is 5.35. The Labute approximate surface area is 123 Å². The van der Waals surface area contributed by atoms with Gasteiger partial charge in [0.25, 0.3) is 5.69 Å². The van der Waals surface area contributed by atoms with Gasteiger partial charge in [0.1, 0.15) is 10.8 Å². The van der Waals surface area contributed by atoms with E-state index in [4.69, 9.17) is 0 Å². The Morgan fingerprint density at radius 1 is 1.50 bits per heavy atom. The molecule has 0 bridgehead atoms. The van der Waals surface area contributed by atoms with Crippen LogP contribution < -0.4 is 5.32 Å². The third-order valence-electron chi connectivity index (χ3n) is 3.53. The molecular weight excluding hydrogens is 274 g/mol. The Kier molecular flexibility index (Phi) is 5.23. The van der Waals surface area contributed by atoms with Crippen molar-refractivity contribution in [1.82, 2.24) is 4.98 Å². The first-order chi connectivity index (χ1) is 9.58. The highest BCUT2D eigenvalue weighted by atomic mass is 32.2. The highest BCUT2D eigenvalue weighted by Gasteiger charge is 2.21. The van der Waals surface area contributed by atoms with E-state index in [0.29, 0.717) is 17.6 Å². The molecule has 6 heteroatoms. The number of rotatable bonds is 5. The summed E-state index contributed by atoms with van der Waals surface area (Å²) in [5, 5.41) is 15.3. The maximum Gasteiger partial charge on any atom is 0.275 e. The fraction of sp³-hybridized carbons (Fsp3) is 0.643. The Bertz CT molecular complexity index is 481. The first kappa shape index (κ1) is 15.1. The number of nitrogens with zero attached hydrogens (tertiary/aromatic N) is 2. The zero-order valence-corrected chi connectivity index (χ0v) is 12.8. The molecule has 0 saturated heterocycles. The predicted octanol–water partition coefficient (Wildman–Crippen LogP) is 4.09. The smallest absolute Gasteiger partial charge is 0.275 e. The number of anilines is 1. The van der Waals surface area contributed by atoms with Gasteiger partial charge < -0.3 is 5.32 Å². The standard InChI is InChI=1S/C14H21N3O2S/c1-3-15-13-8-11(17(18)19)9-14(16-13)20-12-6-4-5-10(2)7-12/h8-10,12H,3-7H2,1-2H3,(H,15,16). The van der Waals surface area contributed by atoms with E-state index in [2.05, 4.69) is 17.2 Å². The fourth-order valence-electron chi connectivity index (χ4n) is 2.59. The Hall–Kier alpha value is -1.30. The third kappa shape index (κ3) is 4.10. The van der Waals surface area contributed by atoms with Crippen molar-refractivity contribution in [2.75, 3.05) is 11.9 Å². The lowest BCUT2D eigenvalue weighted by Gasteiger charge is -2.25. The summed E-state index contributed by atoms with van der Waals surface area (Å²) >= 11 is 1.68. The zero-order valence-electron chi connectivity index (χ0n) is 12.0. The summed E-state index contributed by atoms with van der Waals surface area (Å²) in [5.74, 6) is 1.33. The fourth-order valence-corrected chi connectivity index (χ4v) is 3.98. The van der Waals surface area contributed by atoms with Crippen molar-refractivity contribution in [2.45, 2.75) is 49.8 Å². The Morgan fingerprint density at radius 2 is 2.30 bits per heavy atom. The molecule has 1 aromatic heterocycles. The van der Waals surface area contributed by atoms with Crippen molar-refractivity contribution in [2.24, 2.45) is 5.92 Å². The molecule has 0 aromatic carbocycles. The molecule has 2 atom stereocenters. The number of pyridine rings is 1. The normalized spacial score (nSPS) is 22.5. The molecule has 110 valence electrons. The lowest BCUT2D eigenvalue weighted by atomic mass is 9.91. The summed E-state index contributed by atoms with van der Waals surface area (Å²) in [6.07, 6.45) is 4.89. The average Bonchev–Trinajstić information content (AvgIpc) is 2.38. The summed E-state index contributed by atoms with van der Waals surface area (Å²) < 4.78 is 0. The number of thioether (sulfide) groups is 1. The lowest BCUT2D eigenvalue weighted by Crippen LogP contribution is -2.15. The van der Waals surface area contributed by atoms with Gasteiger partial charge in [0.15, 0.2) is 0 Å². The van der Waals surface area contributed by atoms with Gasteiger partial charge in [0, 0.05) is 17.9 Å². The molecule has 1 N–H and O–H groups in total. The molecule has 2 unspecified atom stereocenters. The molecular formula is C14H21N3O2S. The average molecular weight is 295 g/mol. The third-order valence-corrected chi connectivity index (χ3v) is 4.74. The van der Waals surface area contributed by atoms with Crippen LogP contribution in [0.1, 0.15) is 39.5 Å². The lowest BCUT2D eigenvalue weighted by molar-refractivity contribution is -0.385. The summed E-state index contributed by atoms with van der Waals surface area (Å²) in [4.78, 5) is 15.1. The van der Waals surface area contributed by atoms with Gasteiger partial charge >= 0.3 is 0 Å². The van der Waals surface area contributed by atoms with Gasteiger partial charge in [-0.3, -0.25) is 10.1 Å². The number of hydrogen-bond donors (Lipinski definition) is 1. The van der Waals surface area contributed by atoms with Crippen LogP contribution in [0.5, 0.6) is 0 Å². The largest absolute Gasteiger partial charge is 0.370 e. The maximum absolute atomic E-state index is 11.0. The summed E-state index contributed by atoms with van der Waals surface area (Å²) in [7, 11) is 0. The van der Waals surface area contributed by atoms with E-state index in [9.17, 15) is 10.1 Å². The van der Waals surface area contributed by atoms with Crippen molar-refractivity contribution >= 4 is 23.3 Å². The number of hydrogen-bond acceptors (Lipinski definition) is 5. The molecule has 1 aromatic rings. The van der Waals surface area contributed by atoms with E-state index in [-0.39, 0.29) is 10.6 Å². The van der Waals surface area contributed by atoms with Crippen LogP contribution in [0.15, 0.2) is 17.2 Å². The minimum Gasteiger partial charge on any atom is -0.370 e. The van der Waals surface area contributed by atoms with Gasteiger partial charge in [-0.1, -0.05) is 19.8 Å². The van der Waals surface area contributed by atoms with Gasteiger partial charge in [0.2, 0.25) is 0 Å². The summed E-state index contributed by atoms with van der Waals surface area (Å²) in [6, 6.07) is 3.09. The van der Waals surface area contributed by atoms with E-state index < -0.39 is 0 Å². The quantitative estimate of drug-likeness (QED) is 0.654. The molecule has 20 heavy (non-hydrogen) atoms. The van der Waals surface area contributed by atoms with Gasteiger partial charge in [-0.15, -0.1) is 11.8 Å². The van der Waals surface area contributed by atoms with Crippen LogP contribution in [-0.2, 0) is 0 Å². The molecule has 1 aliphatic carbocycles. The number of nitrogens with one attached hydrogen (secondary N) is 1. The molecule has 2 rings (SSSR count).